The molecule has 6 nitrogen and oxygen atoms in total. The third kappa shape index (κ3) is 3.90. The Kier molecular flexibility index (Phi) is 5.74. The summed E-state index contributed by atoms with van der Waals surface area (Å²) >= 11 is 0. The number of benzene rings is 2. The van der Waals surface area contributed by atoms with Gasteiger partial charge in [-0.25, -0.2) is 4.98 Å². The van der Waals surface area contributed by atoms with Gasteiger partial charge in [-0.3, -0.25) is 4.79 Å². The first-order chi connectivity index (χ1) is 14.6. The van der Waals surface area contributed by atoms with Crippen LogP contribution in [0.15, 0.2) is 52.9 Å². The smallest absolute Gasteiger partial charge is 0.229 e. The number of rotatable bonds is 6. The zero-order valence-corrected chi connectivity index (χ0v) is 17.6. The number of methoxy groups -OCH3 is 2. The van der Waals surface area contributed by atoms with Gasteiger partial charge in [-0.2, -0.15) is 0 Å². The van der Waals surface area contributed by atoms with Crippen molar-refractivity contribution in [2.75, 3.05) is 20.8 Å². The molecular formula is C24H26N2O4. The third-order valence-corrected chi connectivity index (χ3v) is 5.60. The summed E-state index contributed by atoms with van der Waals surface area (Å²) in [6.07, 6.45) is 2.08. The number of ether oxygens (including phenoxy) is 2. The number of aromatic nitrogens is 1. The van der Waals surface area contributed by atoms with Crippen molar-refractivity contribution in [3.63, 3.8) is 0 Å². The monoisotopic (exact) mass is 406 g/mol. The van der Waals surface area contributed by atoms with Gasteiger partial charge in [0, 0.05) is 23.7 Å². The Bertz CT molecular complexity index is 1030. The van der Waals surface area contributed by atoms with Crippen molar-refractivity contribution in [2.24, 2.45) is 0 Å². The number of amides is 1. The van der Waals surface area contributed by atoms with Crippen LogP contribution in [0.4, 0.5) is 0 Å². The summed E-state index contributed by atoms with van der Waals surface area (Å²) in [6.45, 7) is 2.58. The van der Waals surface area contributed by atoms with Crippen LogP contribution in [0, 0.1) is 6.92 Å². The summed E-state index contributed by atoms with van der Waals surface area (Å²) in [7, 11) is 3.27. The quantitative estimate of drug-likeness (QED) is 0.600. The van der Waals surface area contributed by atoms with Gasteiger partial charge in [-0.15, -0.1) is 0 Å². The van der Waals surface area contributed by atoms with E-state index >= 15 is 0 Å². The average Bonchev–Trinajstić information content (AvgIpc) is 3.41. The molecule has 6 heteroatoms. The first-order valence-corrected chi connectivity index (χ1v) is 10.1. The van der Waals surface area contributed by atoms with Crippen LogP contribution < -0.4 is 9.47 Å². The van der Waals surface area contributed by atoms with E-state index in [1.54, 1.807) is 14.2 Å². The van der Waals surface area contributed by atoms with Crippen LogP contribution in [0.3, 0.4) is 0 Å². The van der Waals surface area contributed by atoms with Crippen LogP contribution in [0.1, 0.15) is 35.9 Å². The number of likely N-dealkylation sites (tertiary alicyclic amines) is 1. The van der Waals surface area contributed by atoms with Crippen LogP contribution in [0.5, 0.6) is 11.5 Å². The van der Waals surface area contributed by atoms with Gasteiger partial charge in [0.15, 0.2) is 0 Å². The molecule has 0 saturated carbocycles. The lowest BCUT2D eigenvalue weighted by Gasteiger charge is -2.26. The molecule has 1 unspecified atom stereocenters. The van der Waals surface area contributed by atoms with Gasteiger partial charge in [0.1, 0.15) is 17.3 Å². The van der Waals surface area contributed by atoms with Crippen molar-refractivity contribution in [1.82, 2.24) is 9.88 Å². The Morgan fingerprint density at radius 2 is 1.97 bits per heavy atom. The Labute approximate surface area is 176 Å². The SMILES string of the molecule is COc1ccc(C2CCCN2C(=O)Cc2nc(-c3ccccc3)oc2C)c(OC)c1. The maximum atomic E-state index is 13.2. The maximum Gasteiger partial charge on any atom is 0.229 e. The minimum Gasteiger partial charge on any atom is -0.497 e. The van der Waals surface area contributed by atoms with Crippen molar-refractivity contribution in [2.45, 2.75) is 32.2 Å². The van der Waals surface area contributed by atoms with Gasteiger partial charge in [-0.05, 0) is 44.0 Å². The zero-order valence-electron chi connectivity index (χ0n) is 17.6. The molecule has 1 amide bonds. The molecule has 2 aromatic carbocycles. The lowest BCUT2D eigenvalue weighted by molar-refractivity contribution is -0.131. The fraction of sp³-hybridized carbons (Fsp3) is 0.333. The second-order valence-corrected chi connectivity index (χ2v) is 7.42. The lowest BCUT2D eigenvalue weighted by atomic mass is 10.0. The Balaban J connectivity index is 1.55. The minimum absolute atomic E-state index is 0.0147. The molecule has 3 aromatic rings. The van der Waals surface area contributed by atoms with Gasteiger partial charge in [0.25, 0.3) is 0 Å². The van der Waals surface area contributed by atoms with Gasteiger partial charge < -0.3 is 18.8 Å². The molecule has 30 heavy (non-hydrogen) atoms. The summed E-state index contributed by atoms with van der Waals surface area (Å²) in [5.74, 6) is 2.75. The number of carbonyl (C=O) groups excluding carboxylic acids is 1. The molecule has 2 heterocycles. The van der Waals surface area contributed by atoms with Crippen LogP contribution in [-0.4, -0.2) is 36.6 Å². The Morgan fingerprint density at radius 1 is 1.17 bits per heavy atom. The first-order valence-electron chi connectivity index (χ1n) is 10.1. The maximum absolute atomic E-state index is 13.2. The molecule has 0 aliphatic carbocycles. The van der Waals surface area contributed by atoms with Gasteiger partial charge in [0.05, 0.1) is 32.4 Å². The van der Waals surface area contributed by atoms with Crippen molar-refractivity contribution >= 4 is 5.91 Å². The second-order valence-electron chi connectivity index (χ2n) is 7.42. The number of oxazole rings is 1. The Morgan fingerprint density at radius 3 is 2.70 bits per heavy atom. The summed E-state index contributed by atoms with van der Waals surface area (Å²) in [5, 5.41) is 0. The van der Waals surface area contributed by atoms with Crippen molar-refractivity contribution < 1.29 is 18.7 Å². The van der Waals surface area contributed by atoms with E-state index in [2.05, 4.69) is 4.98 Å². The highest BCUT2D eigenvalue weighted by Gasteiger charge is 2.32. The van der Waals surface area contributed by atoms with Crippen molar-refractivity contribution in [3.05, 3.63) is 65.5 Å². The van der Waals surface area contributed by atoms with Crippen molar-refractivity contribution in [1.29, 1.82) is 0 Å². The fourth-order valence-electron chi connectivity index (χ4n) is 4.02. The molecule has 1 aromatic heterocycles. The molecule has 1 atom stereocenters. The first kappa shape index (κ1) is 20.0. The summed E-state index contributed by atoms with van der Waals surface area (Å²) < 4.78 is 16.7. The second kappa shape index (κ2) is 8.61. The molecule has 0 bridgehead atoms. The standard InChI is InChI=1S/C24H26N2O4/c1-16-20(25-24(30-16)17-8-5-4-6-9-17)15-23(27)26-13-7-10-21(26)19-12-11-18(28-2)14-22(19)29-3/h4-6,8-9,11-12,14,21H,7,10,13,15H2,1-3H3. The number of carbonyl (C=O) groups is 1. The number of hydrogen-bond acceptors (Lipinski definition) is 5. The highest BCUT2D eigenvalue weighted by atomic mass is 16.5. The number of hydrogen-bond donors (Lipinski definition) is 0. The Hall–Kier alpha value is -3.28. The van der Waals surface area contributed by atoms with E-state index in [9.17, 15) is 4.79 Å². The van der Waals surface area contributed by atoms with Crippen LogP contribution in [0.2, 0.25) is 0 Å². The molecule has 1 saturated heterocycles. The van der Waals surface area contributed by atoms with E-state index in [1.165, 1.54) is 0 Å². The van der Waals surface area contributed by atoms with Crippen LogP contribution >= 0.6 is 0 Å². The molecular weight excluding hydrogens is 380 g/mol. The summed E-state index contributed by atoms with van der Waals surface area (Å²) in [5.41, 5.74) is 2.60. The summed E-state index contributed by atoms with van der Waals surface area (Å²) in [6, 6.07) is 15.5. The van der Waals surface area contributed by atoms with E-state index < -0.39 is 0 Å². The molecule has 0 spiro atoms. The van der Waals surface area contributed by atoms with Gasteiger partial charge in [-0.1, -0.05) is 18.2 Å². The minimum atomic E-state index is -0.0147. The van der Waals surface area contributed by atoms with E-state index in [1.807, 2.05) is 60.4 Å². The highest BCUT2D eigenvalue weighted by molar-refractivity contribution is 5.79. The normalized spacial score (nSPS) is 16.0. The number of nitrogens with zero attached hydrogens (tertiary/aromatic N) is 2. The molecule has 1 fully saturated rings. The third-order valence-electron chi connectivity index (χ3n) is 5.60. The van der Waals surface area contributed by atoms with E-state index in [-0.39, 0.29) is 18.4 Å². The predicted octanol–water partition coefficient (Wildman–Crippen LogP) is 4.57. The fourth-order valence-corrected chi connectivity index (χ4v) is 4.02. The van der Waals surface area contributed by atoms with Crippen molar-refractivity contribution in [3.8, 4) is 23.0 Å². The van der Waals surface area contributed by atoms with Crippen LogP contribution in [-0.2, 0) is 11.2 Å². The largest absolute Gasteiger partial charge is 0.497 e. The lowest BCUT2D eigenvalue weighted by Crippen LogP contribution is -2.32. The number of aryl methyl sites for hydroxylation is 1. The predicted molar refractivity (Wildman–Crippen MR) is 114 cm³/mol. The van der Waals surface area contributed by atoms with Gasteiger partial charge >= 0.3 is 0 Å². The average molecular weight is 406 g/mol. The van der Waals surface area contributed by atoms with E-state index in [4.69, 9.17) is 13.9 Å². The van der Waals surface area contributed by atoms with E-state index in [0.717, 1.165) is 42.0 Å². The molecule has 156 valence electrons. The van der Waals surface area contributed by atoms with E-state index in [0.29, 0.717) is 17.3 Å². The molecule has 1 aliphatic heterocycles. The molecule has 4 rings (SSSR count). The highest BCUT2D eigenvalue weighted by Crippen LogP contribution is 2.39. The summed E-state index contributed by atoms with van der Waals surface area (Å²) in [4.78, 5) is 19.7. The molecule has 0 N–H and O–H groups in total. The zero-order chi connectivity index (χ0) is 21.1. The van der Waals surface area contributed by atoms with Gasteiger partial charge in [0.2, 0.25) is 11.8 Å². The topological polar surface area (TPSA) is 64.8 Å². The molecule has 0 radical (unpaired) electrons. The molecule has 1 aliphatic rings. The van der Waals surface area contributed by atoms with Crippen LogP contribution in [0.25, 0.3) is 11.5 Å².